The van der Waals surface area contributed by atoms with Crippen molar-refractivity contribution in [1.29, 1.82) is 0 Å². The average molecular weight is 330 g/mol. The average Bonchev–Trinajstić information content (AvgIpc) is 3.08. The first-order chi connectivity index (χ1) is 11.0. The highest BCUT2D eigenvalue weighted by atomic mass is 32.1. The molecule has 4 nitrogen and oxygen atoms in total. The van der Waals surface area contributed by atoms with Gasteiger partial charge in [-0.1, -0.05) is 44.2 Å². The van der Waals surface area contributed by atoms with Gasteiger partial charge in [0.1, 0.15) is 0 Å². The zero-order chi connectivity index (χ0) is 16.7. The van der Waals surface area contributed by atoms with Crippen LogP contribution in [0.3, 0.4) is 0 Å². The molecule has 1 aromatic heterocycles. The molecule has 23 heavy (non-hydrogen) atoms. The predicted octanol–water partition coefficient (Wildman–Crippen LogP) is 2.96. The van der Waals surface area contributed by atoms with Crippen LogP contribution in [0.25, 0.3) is 0 Å². The van der Waals surface area contributed by atoms with Crippen LogP contribution in [0.5, 0.6) is 0 Å². The van der Waals surface area contributed by atoms with Crippen LogP contribution >= 0.6 is 11.3 Å². The van der Waals surface area contributed by atoms with Crippen LogP contribution < -0.4 is 10.6 Å². The van der Waals surface area contributed by atoms with Gasteiger partial charge in [-0.15, -0.1) is 0 Å². The highest BCUT2D eigenvalue weighted by molar-refractivity contribution is 7.08. The molecule has 0 saturated carbocycles. The lowest BCUT2D eigenvalue weighted by Gasteiger charge is -2.25. The fourth-order valence-electron chi connectivity index (χ4n) is 2.18. The highest BCUT2D eigenvalue weighted by Gasteiger charge is 2.20. The van der Waals surface area contributed by atoms with Crippen LogP contribution in [0.2, 0.25) is 0 Å². The molecule has 0 bridgehead atoms. The van der Waals surface area contributed by atoms with Crippen LogP contribution in [0.15, 0.2) is 47.2 Å². The molecule has 0 atom stereocenters. The first-order valence-electron chi connectivity index (χ1n) is 7.62. The molecule has 0 saturated heterocycles. The van der Waals surface area contributed by atoms with E-state index in [9.17, 15) is 9.59 Å². The summed E-state index contributed by atoms with van der Waals surface area (Å²) in [6, 6.07) is 11.9. The molecule has 0 fully saturated rings. The van der Waals surface area contributed by atoms with Gasteiger partial charge < -0.3 is 10.6 Å². The van der Waals surface area contributed by atoms with Gasteiger partial charge >= 0.3 is 0 Å². The van der Waals surface area contributed by atoms with Crippen LogP contribution in [-0.4, -0.2) is 24.9 Å². The Bertz CT molecular complexity index is 636. The maximum absolute atomic E-state index is 11.9. The SMILES string of the molecule is CC(C)(CNC(=O)CCNC(=O)c1ccsc1)c1ccccc1. The second-order valence-electron chi connectivity index (χ2n) is 6.04. The number of carbonyl (C=O) groups excluding carboxylic acids is 2. The van der Waals surface area contributed by atoms with E-state index in [0.29, 0.717) is 18.7 Å². The maximum Gasteiger partial charge on any atom is 0.252 e. The molecular weight excluding hydrogens is 308 g/mol. The zero-order valence-electron chi connectivity index (χ0n) is 13.5. The Morgan fingerprint density at radius 2 is 1.83 bits per heavy atom. The van der Waals surface area contributed by atoms with Crippen molar-refractivity contribution >= 4 is 23.2 Å². The Morgan fingerprint density at radius 3 is 2.48 bits per heavy atom. The quantitative estimate of drug-likeness (QED) is 0.820. The van der Waals surface area contributed by atoms with Crippen LogP contribution in [-0.2, 0) is 10.2 Å². The molecule has 2 N–H and O–H groups in total. The summed E-state index contributed by atoms with van der Waals surface area (Å²) in [5.41, 5.74) is 1.70. The summed E-state index contributed by atoms with van der Waals surface area (Å²) < 4.78 is 0. The lowest BCUT2D eigenvalue weighted by atomic mass is 9.84. The number of rotatable bonds is 7. The Balaban J connectivity index is 1.72. The van der Waals surface area contributed by atoms with E-state index >= 15 is 0 Å². The summed E-state index contributed by atoms with van der Waals surface area (Å²) in [6.07, 6.45) is 0.279. The predicted molar refractivity (Wildman–Crippen MR) is 93.7 cm³/mol. The minimum absolute atomic E-state index is 0.0559. The Labute approximate surface area is 140 Å². The van der Waals surface area contributed by atoms with Gasteiger partial charge in [0.2, 0.25) is 5.91 Å². The molecule has 0 unspecified atom stereocenters. The minimum atomic E-state index is -0.135. The molecule has 0 aliphatic carbocycles. The zero-order valence-corrected chi connectivity index (χ0v) is 14.3. The molecule has 0 aliphatic rings. The Kier molecular flexibility index (Phi) is 5.93. The van der Waals surface area contributed by atoms with Gasteiger partial charge in [0.25, 0.3) is 5.91 Å². The summed E-state index contributed by atoms with van der Waals surface area (Å²) in [5, 5.41) is 9.34. The van der Waals surface area contributed by atoms with Crippen molar-refractivity contribution in [2.45, 2.75) is 25.7 Å². The largest absolute Gasteiger partial charge is 0.355 e. The van der Waals surface area contributed by atoms with E-state index in [0.717, 1.165) is 0 Å². The van der Waals surface area contributed by atoms with Crippen molar-refractivity contribution in [1.82, 2.24) is 10.6 Å². The first kappa shape index (κ1) is 17.2. The highest BCUT2D eigenvalue weighted by Crippen LogP contribution is 2.21. The number of carbonyl (C=O) groups is 2. The molecule has 5 heteroatoms. The summed E-state index contributed by atoms with van der Waals surface area (Å²) >= 11 is 1.48. The monoisotopic (exact) mass is 330 g/mol. The number of hydrogen-bond donors (Lipinski definition) is 2. The smallest absolute Gasteiger partial charge is 0.252 e. The summed E-state index contributed by atoms with van der Waals surface area (Å²) in [6.45, 7) is 5.10. The third-order valence-corrected chi connectivity index (χ3v) is 4.39. The van der Waals surface area contributed by atoms with Gasteiger partial charge in [0.05, 0.1) is 0 Å². The van der Waals surface area contributed by atoms with E-state index in [1.54, 1.807) is 11.4 Å². The molecule has 0 radical (unpaired) electrons. The van der Waals surface area contributed by atoms with Crippen LogP contribution in [0, 0.1) is 0 Å². The third kappa shape index (κ3) is 5.21. The van der Waals surface area contributed by atoms with E-state index in [1.807, 2.05) is 23.6 Å². The van der Waals surface area contributed by atoms with Gasteiger partial charge in [-0.05, 0) is 17.0 Å². The van der Waals surface area contributed by atoms with Gasteiger partial charge in [-0.2, -0.15) is 11.3 Å². The van der Waals surface area contributed by atoms with Crippen molar-refractivity contribution < 1.29 is 9.59 Å². The molecule has 0 spiro atoms. The molecule has 2 rings (SSSR count). The fourth-order valence-corrected chi connectivity index (χ4v) is 2.82. The Morgan fingerprint density at radius 1 is 1.09 bits per heavy atom. The van der Waals surface area contributed by atoms with Gasteiger partial charge in [-0.3, -0.25) is 9.59 Å². The van der Waals surface area contributed by atoms with E-state index in [2.05, 4.69) is 36.6 Å². The molecule has 122 valence electrons. The third-order valence-electron chi connectivity index (χ3n) is 3.70. The first-order valence-corrected chi connectivity index (χ1v) is 8.56. The number of nitrogens with one attached hydrogen (secondary N) is 2. The van der Waals surface area contributed by atoms with E-state index < -0.39 is 0 Å². The molecular formula is C18H22N2O2S. The normalized spacial score (nSPS) is 11.0. The van der Waals surface area contributed by atoms with E-state index in [4.69, 9.17) is 0 Å². The van der Waals surface area contributed by atoms with Crippen molar-refractivity contribution in [3.8, 4) is 0 Å². The summed E-state index contributed by atoms with van der Waals surface area (Å²) in [4.78, 5) is 23.7. The van der Waals surface area contributed by atoms with Gasteiger partial charge in [0, 0.05) is 35.9 Å². The lowest BCUT2D eigenvalue weighted by molar-refractivity contribution is -0.121. The van der Waals surface area contributed by atoms with Crippen LogP contribution in [0.4, 0.5) is 0 Å². The number of hydrogen-bond acceptors (Lipinski definition) is 3. The standard InChI is InChI=1S/C18H22N2O2S/c1-18(2,15-6-4-3-5-7-15)13-20-16(21)8-10-19-17(22)14-9-11-23-12-14/h3-7,9,11-12H,8,10,13H2,1-2H3,(H,19,22)(H,20,21). The number of benzene rings is 1. The van der Waals surface area contributed by atoms with Crippen molar-refractivity contribution in [3.63, 3.8) is 0 Å². The second-order valence-corrected chi connectivity index (χ2v) is 6.82. The minimum Gasteiger partial charge on any atom is -0.355 e. The second kappa shape index (κ2) is 7.92. The summed E-state index contributed by atoms with van der Waals surface area (Å²) in [5.74, 6) is -0.191. The van der Waals surface area contributed by atoms with Gasteiger partial charge in [0.15, 0.2) is 0 Å². The summed E-state index contributed by atoms with van der Waals surface area (Å²) in [7, 11) is 0. The van der Waals surface area contributed by atoms with Crippen molar-refractivity contribution in [2.24, 2.45) is 0 Å². The van der Waals surface area contributed by atoms with Crippen molar-refractivity contribution in [3.05, 3.63) is 58.3 Å². The Hall–Kier alpha value is -2.14. The molecule has 1 heterocycles. The molecule has 0 aliphatic heterocycles. The van der Waals surface area contributed by atoms with Crippen molar-refractivity contribution in [2.75, 3.05) is 13.1 Å². The van der Waals surface area contributed by atoms with Gasteiger partial charge in [-0.25, -0.2) is 0 Å². The van der Waals surface area contributed by atoms with E-state index in [-0.39, 0.29) is 23.7 Å². The maximum atomic E-state index is 11.9. The molecule has 1 aromatic carbocycles. The molecule has 2 amide bonds. The number of amides is 2. The molecule has 2 aromatic rings. The fraction of sp³-hybridized carbons (Fsp3) is 0.333. The topological polar surface area (TPSA) is 58.2 Å². The van der Waals surface area contributed by atoms with Crippen LogP contribution in [0.1, 0.15) is 36.2 Å². The number of thiophene rings is 1. The van der Waals surface area contributed by atoms with E-state index in [1.165, 1.54) is 16.9 Å². The lowest BCUT2D eigenvalue weighted by Crippen LogP contribution is -2.38.